The van der Waals surface area contributed by atoms with E-state index in [2.05, 4.69) is 30.5 Å². The fourth-order valence-corrected chi connectivity index (χ4v) is 2.21. The van der Waals surface area contributed by atoms with Gasteiger partial charge in [0.1, 0.15) is 5.60 Å². The van der Waals surface area contributed by atoms with Crippen LogP contribution in [-0.2, 0) is 24.3 Å². The molecule has 6 nitrogen and oxygen atoms in total. The molecule has 0 saturated carbocycles. The van der Waals surface area contributed by atoms with E-state index >= 15 is 0 Å². The summed E-state index contributed by atoms with van der Waals surface area (Å²) in [7, 11) is 0. The van der Waals surface area contributed by atoms with Gasteiger partial charge in [0.2, 0.25) is 0 Å². The van der Waals surface area contributed by atoms with Crippen molar-refractivity contribution in [3.05, 3.63) is 0 Å². The molecule has 0 aromatic heterocycles. The van der Waals surface area contributed by atoms with Crippen molar-refractivity contribution in [2.24, 2.45) is 16.2 Å². The van der Waals surface area contributed by atoms with Crippen LogP contribution in [0.4, 0.5) is 0 Å². The molecule has 0 aliphatic heterocycles. The second-order valence-electron chi connectivity index (χ2n) is 10.7. The Balaban J connectivity index is 0. The van der Waals surface area contributed by atoms with Gasteiger partial charge in [-0.15, -0.1) is 0 Å². The molecule has 0 rings (SSSR count). The number of carbonyl (C=O) groups is 2. The van der Waals surface area contributed by atoms with Crippen LogP contribution in [0.15, 0.2) is 0 Å². The van der Waals surface area contributed by atoms with E-state index in [0.717, 1.165) is 6.42 Å². The Morgan fingerprint density at radius 2 is 1.27 bits per heavy atom. The third kappa shape index (κ3) is 17.7. The molecular formula is C20H40O6. The third-order valence-electron chi connectivity index (χ3n) is 3.07. The highest BCUT2D eigenvalue weighted by atomic mass is 17.2. The van der Waals surface area contributed by atoms with Gasteiger partial charge in [0, 0.05) is 6.42 Å². The van der Waals surface area contributed by atoms with Crippen LogP contribution in [0.1, 0.15) is 95.4 Å². The first-order chi connectivity index (χ1) is 11.3. The summed E-state index contributed by atoms with van der Waals surface area (Å²) in [6, 6.07) is 0. The zero-order chi connectivity index (χ0) is 21.4. The lowest BCUT2D eigenvalue weighted by molar-refractivity contribution is -0.320. The van der Waals surface area contributed by atoms with Crippen LogP contribution in [0.2, 0.25) is 0 Å². The van der Waals surface area contributed by atoms with E-state index in [1.807, 2.05) is 41.5 Å². The SMILES string of the molecule is CC(C)(C)CC(C)(C)C(=O)OO.CC(C)(C)CCC(=O)OOC(C)(C)C. The highest BCUT2D eigenvalue weighted by Gasteiger charge is 2.34. The molecule has 0 aliphatic carbocycles. The summed E-state index contributed by atoms with van der Waals surface area (Å²) in [6.45, 7) is 21.4. The second-order valence-corrected chi connectivity index (χ2v) is 10.7. The standard InChI is InChI=1S/C11H22O3.C9H18O3/c1-10(2,3)8-7-9(12)13-14-11(4,5)6;1-8(2,3)6-9(4,5)7(10)12-11/h7-8H2,1-6H3;11H,6H2,1-5H3. The lowest BCUT2D eigenvalue weighted by Crippen LogP contribution is -2.30. The predicted molar refractivity (Wildman–Crippen MR) is 102 cm³/mol. The normalized spacial score (nSPS) is 12.8. The lowest BCUT2D eigenvalue weighted by Gasteiger charge is -2.28. The van der Waals surface area contributed by atoms with Gasteiger partial charge in [-0.3, -0.25) is 4.89 Å². The van der Waals surface area contributed by atoms with E-state index in [-0.39, 0.29) is 16.8 Å². The van der Waals surface area contributed by atoms with E-state index in [1.165, 1.54) is 0 Å². The predicted octanol–water partition coefficient (Wildman–Crippen LogP) is 5.55. The van der Waals surface area contributed by atoms with Crippen LogP contribution in [-0.4, -0.2) is 22.8 Å². The first-order valence-electron chi connectivity index (χ1n) is 9.03. The van der Waals surface area contributed by atoms with Gasteiger partial charge in [0.25, 0.3) is 0 Å². The summed E-state index contributed by atoms with van der Waals surface area (Å²) < 4.78 is 0. The van der Waals surface area contributed by atoms with Crippen LogP contribution in [0.25, 0.3) is 0 Å². The maximum absolute atomic E-state index is 11.2. The molecule has 0 aromatic carbocycles. The Morgan fingerprint density at radius 3 is 1.58 bits per heavy atom. The number of hydrogen-bond donors (Lipinski definition) is 1. The zero-order valence-corrected chi connectivity index (χ0v) is 18.6. The fourth-order valence-electron chi connectivity index (χ4n) is 2.21. The van der Waals surface area contributed by atoms with Crippen molar-refractivity contribution in [2.45, 2.75) is 101 Å². The Kier molecular flexibility index (Phi) is 10.7. The molecule has 156 valence electrons. The van der Waals surface area contributed by atoms with Crippen molar-refractivity contribution in [2.75, 3.05) is 0 Å². The average molecular weight is 377 g/mol. The van der Waals surface area contributed by atoms with Crippen molar-refractivity contribution in [1.82, 2.24) is 0 Å². The van der Waals surface area contributed by atoms with Gasteiger partial charge in [0.15, 0.2) is 0 Å². The summed E-state index contributed by atoms with van der Waals surface area (Å²) in [6.07, 6.45) is 1.89. The van der Waals surface area contributed by atoms with Crippen LogP contribution >= 0.6 is 0 Å². The molecule has 0 amide bonds. The molecule has 0 atom stereocenters. The summed E-state index contributed by atoms with van der Waals surface area (Å²) in [4.78, 5) is 35.5. The minimum absolute atomic E-state index is 0.0533. The zero-order valence-electron chi connectivity index (χ0n) is 18.6. The molecule has 26 heavy (non-hydrogen) atoms. The number of rotatable bonds is 5. The van der Waals surface area contributed by atoms with E-state index in [1.54, 1.807) is 13.8 Å². The Bertz CT molecular complexity index is 413. The molecule has 0 spiro atoms. The first kappa shape index (κ1) is 27.1. The van der Waals surface area contributed by atoms with Gasteiger partial charge in [-0.05, 0) is 58.3 Å². The molecule has 0 bridgehead atoms. The molecule has 0 heterocycles. The summed E-state index contributed by atoms with van der Waals surface area (Å²) >= 11 is 0. The van der Waals surface area contributed by atoms with E-state index in [4.69, 9.17) is 10.1 Å². The Hall–Kier alpha value is -1.14. The molecule has 0 aromatic rings. The molecule has 0 saturated heterocycles. The van der Waals surface area contributed by atoms with Crippen LogP contribution < -0.4 is 0 Å². The van der Waals surface area contributed by atoms with Crippen molar-refractivity contribution in [3.8, 4) is 0 Å². The summed E-state index contributed by atoms with van der Waals surface area (Å²) in [5.41, 5.74) is -0.844. The number of hydrogen-bond acceptors (Lipinski definition) is 6. The van der Waals surface area contributed by atoms with Gasteiger partial charge in [0.05, 0.1) is 5.41 Å². The van der Waals surface area contributed by atoms with Crippen LogP contribution in [0.3, 0.4) is 0 Å². The van der Waals surface area contributed by atoms with Gasteiger partial charge in [-0.1, -0.05) is 41.5 Å². The van der Waals surface area contributed by atoms with Gasteiger partial charge in [-0.2, -0.15) is 10.1 Å². The van der Waals surface area contributed by atoms with Crippen molar-refractivity contribution in [1.29, 1.82) is 0 Å². The van der Waals surface area contributed by atoms with E-state index < -0.39 is 17.0 Å². The molecule has 0 unspecified atom stereocenters. The highest BCUT2D eigenvalue weighted by Crippen LogP contribution is 2.33. The topological polar surface area (TPSA) is 82.1 Å². The Labute approximate surface area is 159 Å². The van der Waals surface area contributed by atoms with Crippen LogP contribution in [0.5, 0.6) is 0 Å². The van der Waals surface area contributed by atoms with Crippen molar-refractivity contribution < 1.29 is 29.5 Å². The van der Waals surface area contributed by atoms with Crippen molar-refractivity contribution >= 4 is 11.9 Å². The van der Waals surface area contributed by atoms with Crippen molar-refractivity contribution in [3.63, 3.8) is 0 Å². The summed E-state index contributed by atoms with van der Waals surface area (Å²) in [5, 5.41) is 8.22. The van der Waals surface area contributed by atoms with Crippen LogP contribution in [0, 0.1) is 16.2 Å². The minimum Gasteiger partial charge on any atom is -0.300 e. The lowest BCUT2D eigenvalue weighted by atomic mass is 9.76. The number of carbonyl (C=O) groups excluding carboxylic acids is 2. The highest BCUT2D eigenvalue weighted by molar-refractivity contribution is 5.75. The second kappa shape index (κ2) is 10.3. The first-order valence-corrected chi connectivity index (χ1v) is 9.03. The fraction of sp³-hybridized carbons (Fsp3) is 0.900. The van der Waals surface area contributed by atoms with Gasteiger partial charge >= 0.3 is 11.9 Å². The average Bonchev–Trinajstić information content (AvgIpc) is 2.38. The van der Waals surface area contributed by atoms with Gasteiger partial charge in [-0.25, -0.2) is 9.59 Å². The Morgan fingerprint density at radius 1 is 0.808 bits per heavy atom. The molecule has 0 aliphatic rings. The monoisotopic (exact) mass is 376 g/mol. The third-order valence-corrected chi connectivity index (χ3v) is 3.07. The maximum atomic E-state index is 11.2. The largest absolute Gasteiger partial charge is 0.347 e. The molecule has 0 fully saturated rings. The molecule has 1 N–H and O–H groups in total. The maximum Gasteiger partial charge on any atom is 0.347 e. The molecule has 6 heteroatoms. The summed E-state index contributed by atoms with van der Waals surface area (Å²) in [5.74, 6) is -0.868. The van der Waals surface area contributed by atoms with E-state index in [0.29, 0.717) is 12.8 Å². The quantitative estimate of drug-likeness (QED) is 0.500. The van der Waals surface area contributed by atoms with E-state index in [9.17, 15) is 9.59 Å². The molecular weight excluding hydrogens is 336 g/mol. The smallest absolute Gasteiger partial charge is 0.300 e. The van der Waals surface area contributed by atoms with Gasteiger partial charge < -0.3 is 4.89 Å². The minimum atomic E-state index is -0.618. The molecule has 0 radical (unpaired) electrons.